The van der Waals surface area contributed by atoms with Crippen molar-refractivity contribution in [2.75, 3.05) is 19.8 Å². The van der Waals surface area contributed by atoms with Crippen LogP contribution in [-0.2, 0) is 9.47 Å². The maximum atomic E-state index is 11.6. The predicted molar refractivity (Wildman–Crippen MR) is 69.0 cm³/mol. The lowest BCUT2D eigenvalue weighted by molar-refractivity contribution is 0.0431. The molecule has 0 aromatic heterocycles. The maximum absolute atomic E-state index is 11.6. The van der Waals surface area contributed by atoms with Crippen molar-refractivity contribution < 1.29 is 24.2 Å². The largest absolute Gasteiger partial charge is 0.462 e. The van der Waals surface area contributed by atoms with E-state index in [1.165, 1.54) is 24.3 Å². The topological polar surface area (TPSA) is 72.8 Å². The third kappa shape index (κ3) is 5.09. The van der Waals surface area contributed by atoms with Gasteiger partial charge in [-0.1, -0.05) is 13.3 Å². The standard InChI is InChI=1S/C14H18O5/c1-2-3-9-18-13(16)11-4-6-12(7-5-11)14(17)19-10-8-15/h4-7,15H,2-3,8-10H2,1H3. The van der Waals surface area contributed by atoms with Gasteiger partial charge >= 0.3 is 11.9 Å². The van der Waals surface area contributed by atoms with Crippen molar-refractivity contribution >= 4 is 11.9 Å². The Balaban J connectivity index is 2.55. The van der Waals surface area contributed by atoms with E-state index in [-0.39, 0.29) is 13.2 Å². The second kappa shape index (κ2) is 8.26. The summed E-state index contributed by atoms with van der Waals surface area (Å²) < 4.78 is 9.80. The zero-order chi connectivity index (χ0) is 14.1. The first kappa shape index (κ1) is 15.2. The molecule has 0 fully saturated rings. The summed E-state index contributed by atoms with van der Waals surface area (Å²) in [4.78, 5) is 23.0. The monoisotopic (exact) mass is 266 g/mol. The van der Waals surface area contributed by atoms with Crippen LogP contribution in [0.2, 0.25) is 0 Å². The molecule has 0 aliphatic heterocycles. The molecule has 19 heavy (non-hydrogen) atoms. The van der Waals surface area contributed by atoms with E-state index in [1.54, 1.807) is 0 Å². The molecule has 104 valence electrons. The molecule has 0 heterocycles. The lowest BCUT2D eigenvalue weighted by atomic mass is 10.1. The fourth-order valence-electron chi connectivity index (χ4n) is 1.36. The van der Waals surface area contributed by atoms with Gasteiger partial charge in [0.1, 0.15) is 6.61 Å². The highest BCUT2D eigenvalue weighted by Crippen LogP contribution is 2.08. The van der Waals surface area contributed by atoms with Crippen molar-refractivity contribution in [1.29, 1.82) is 0 Å². The molecule has 1 rings (SSSR count). The summed E-state index contributed by atoms with van der Waals surface area (Å²) in [6, 6.07) is 6.03. The van der Waals surface area contributed by atoms with Crippen LogP contribution in [0.15, 0.2) is 24.3 Å². The summed E-state index contributed by atoms with van der Waals surface area (Å²) in [5, 5.41) is 8.54. The fraction of sp³-hybridized carbons (Fsp3) is 0.429. The second-order valence-corrected chi connectivity index (χ2v) is 3.93. The first-order chi connectivity index (χ1) is 9.19. The zero-order valence-electron chi connectivity index (χ0n) is 10.9. The number of unbranched alkanes of at least 4 members (excludes halogenated alkanes) is 1. The summed E-state index contributed by atoms with van der Waals surface area (Å²) in [6.07, 6.45) is 1.79. The van der Waals surface area contributed by atoms with E-state index in [4.69, 9.17) is 14.6 Å². The number of ether oxygens (including phenoxy) is 2. The molecule has 0 atom stereocenters. The molecule has 0 saturated heterocycles. The number of aliphatic hydroxyl groups is 1. The predicted octanol–water partition coefficient (Wildman–Crippen LogP) is 1.79. The number of benzene rings is 1. The van der Waals surface area contributed by atoms with Crippen molar-refractivity contribution in [2.45, 2.75) is 19.8 Å². The van der Waals surface area contributed by atoms with Gasteiger partial charge in [0, 0.05) is 0 Å². The minimum absolute atomic E-state index is 0.0420. The van der Waals surface area contributed by atoms with Crippen LogP contribution in [0.25, 0.3) is 0 Å². The van der Waals surface area contributed by atoms with Crippen molar-refractivity contribution in [2.24, 2.45) is 0 Å². The molecule has 5 heteroatoms. The van der Waals surface area contributed by atoms with Crippen molar-refractivity contribution in [3.8, 4) is 0 Å². The van der Waals surface area contributed by atoms with E-state index in [0.717, 1.165) is 12.8 Å². The van der Waals surface area contributed by atoms with Crippen LogP contribution in [0, 0.1) is 0 Å². The first-order valence-corrected chi connectivity index (χ1v) is 6.24. The number of hydrogen-bond acceptors (Lipinski definition) is 5. The van der Waals surface area contributed by atoms with Gasteiger partial charge < -0.3 is 14.6 Å². The SMILES string of the molecule is CCCCOC(=O)c1ccc(C(=O)OCCO)cc1. The lowest BCUT2D eigenvalue weighted by Crippen LogP contribution is -2.10. The number of carbonyl (C=O) groups excluding carboxylic acids is 2. The Labute approximate surface area is 112 Å². The number of carbonyl (C=O) groups is 2. The van der Waals surface area contributed by atoms with Crippen molar-refractivity contribution in [3.63, 3.8) is 0 Å². The Morgan fingerprint density at radius 3 is 1.89 bits per heavy atom. The van der Waals surface area contributed by atoms with E-state index in [0.29, 0.717) is 17.7 Å². The smallest absolute Gasteiger partial charge is 0.338 e. The van der Waals surface area contributed by atoms with E-state index in [1.807, 2.05) is 6.92 Å². The Hall–Kier alpha value is -1.88. The summed E-state index contributed by atoms with van der Waals surface area (Å²) in [7, 11) is 0. The fourth-order valence-corrected chi connectivity index (χ4v) is 1.36. The van der Waals surface area contributed by atoms with Crippen LogP contribution >= 0.6 is 0 Å². The number of rotatable bonds is 7. The van der Waals surface area contributed by atoms with Crippen LogP contribution in [0.5, 0.6) is 0 Å². The highest BCUT2D eigenvalue weighted by Gasteiger charge is 2.10. The number of aliphatic hydroxyl groups excluding tert-OH is 1. The Kier molecular flexibility index (Phi) is 6.60. The average molecular weight is 266 g/mol. The molecule has 0 aliphatic carbocycles. The Morgan fingerprint density at radius 1 is 1.00 bits per heavy atom. The van der Waals surface area contributed by atoms with Gasteiger partial charge in [0.05, 0.1) is 24.3 Å². The summed E-state index contributed by atoms with van der Waals surface area (Å²) in [6.45, 7) is 2.16. The molecule has 1 aromatic rings. The Morgan fingerprint density at radius 2 is 1.47 bits per heavy atom. The molecule has 0 amide bonds. The van der Waals surface area contributed by atoms with Gasteiger partial charge in [-0.2, -0.15) is 0 Å². The zero-order valence-corrected chi connectivity index (χ0v) is 10.9. The Bertz CT molecular complexity index is 410. The number of esters is 2. The molecule has 0 bridgehead atoms. The van der Waals surface area contributed by atoms with Crippen LogP contribution in [0.4, 0.5) is 0 Å². The normalized spacial score (nSPS) is 10.0. The highest BCUT2D eigenvalue weighted by molar-refractivity contribution is 5.93. The van der Waals surface area contributed by atoms with Crippen LogP contribution < -0.4 is 0 Å². The first-order valence-electron chi connectivity index (χ1n) is 6.24. The van der Waals surface area contributed by atoms with Gasteiger partial charge in [0.25, 0.3) is 0 Å². The second-order valence-electron chi connectivity index (χ2n) is 3.93. The molecule has 1 aromatic carbocycles. The minimum atomic E-state index is -0.528. The minimum Gasteiger partial charge on any atom is -0.462 e. The summed E-state index contributed by atoms with van der Waals surface area (Å²) in [5.41, 5.74) is 0.730. The molecule has 1 N–H and O–H groups in total. The van der Waals surface area contributed by atoms with E-state index in [9.17, 15) is 9.59 Å². The van der Waals surface area contributed by atoms with E-state index < -0.39 is 11.9 Å². The van der Waals surface area contributed by atoms with Crippen molar-refractivity contribution in [3.05, 3.63) is 35.4 Å². The van der Waals surface area contributed by atoms with Crippen LogP contribution in [0.1, 0.15) is 40.5 Å². The molecule has 0 unspecified atom stereocenters. The summed E-state index contributed by atoms with van der Waals surface area (Å²) >= 11 is 0. The molecular weight excluding hydrogens is 248 g/mol. The van der Waals surface area contributed by atoms with Crippen LogP contribution in [0.3, 0.4) is 0 Å². The van der Waals surface area contributed by atoms with E-state index in [2.05, 4.69) is 0 Å². The maximum Gasteiger partial charge on any atom is 0.338 e. The molecule has 5 nitrogen and oxygen atoms in total. The highest BCUT2D eigenvalue weighted by atomic mass is 16.5. The van der Waals surface area contributed by atoms with Gasteiger partial charge in [-0.3, -0.25) is 0 Å². The van der Waals surface area contributed by atoms with Crippen LogP contribution in [-0.4, -0.2) is 36.9 Å². The summed E-state index contributed by atoms with van der Waals surface area (Å²) in [5.74, 6) is -0.927. The third-order valence-electron chi connectivity index (χ3n) is 2.41. The number of hydrogen-bond donors (Lipinski definition) is 1. The van der Waals surface area contributed by atoms with Gasteiger partial charge in [0.15, 0.2) is 0 Å². The molecule has 0 spiro atoms. The van der Waals surface area contributed by atoms with Gasteiger partial charge in [-0.15, -0.1) is 0 Å². The van der Waals surface area contributed by atoms with Gasteiger partial charge in [-0.25, -0.2) is 9.59 Å². The lowest BCUT2D eigenvalue weighted by Gasteiger charge is -2.05. The molecule has 0 saturated carbocycles. The molecule has 0 aliphatic rings. The molecule has 0 radical (unpaired) electrons. The molecular formula is C14H18O5. The quantitative estimate of drug-likeness (QED) is 0.601. The van der Waals surface area contributed by atoms with E-state index >= 15 is 0 Å². The van der Waals surface area contributed by atoms with Gasteiger partial charge in [0.2, 0.25) is 0 Å². The average Bonchev–Trinajstić information content (AvgIpc) is 2.45. The van der Waals surface area contributed by atoms with Gasteiger partial charge in [-0.05, 0) is 30.7 Å². The van der Waals surface area contributed by atoms with Crippen molar-refractivity contribution in [1.82, 2.24) is 0 Å². The third-order valence-corrected chi connectivity index (χ3v) is 2.41.